The van der Waals surface area contributed by atoms with Gasteiger partial charge < -0.3 is 5.11 Å². The number of carbonyl (C=O) groups is 1. The third kappa shape index (κ3) is 5.56. The molecule has 64 valence electrons. The van der Waals surface area contributed by atoms with Gasteiger partial charge in [-0.3, -0.25) is 4.18 Å². The van der Waals surface area contributed by atoms with Crippen molar-refractivity contribution >= 4 is 16.1 Å². The number of carboxylic acid groups (broad SMARTS) is 1. The third-order valence-electron chi connectivity index (χ3n) is 0.684. The molecule has 1 N–H and O–H groups in total. The molecule has 6 heteroatoms. The average Bonchev–Trinajstić information content (AvgIpc) is 1.84. The highest BCUT2D eigenvalue weighted by Crippen LogP contribution is 1.92. The van der Waals surface area contributed by atoms with Crippen molar-refractivity contribution in [1.82, 2.24) is 0 Å². The lowest BCUT2D eigenvalue weighted by Gasteiger charge is -1.97. The summed E-state index contributed by atoms with van der Waals surface area (Å²) in [6, 6.07) is 0. The van der Waals surface area contributed by atoms with Gasteiger partial charge in [-0.1, -0.05) is 6.08 Å². The Bertz CT molecular complexity index is 240. The van der Waals surface area contributed by atoms with Crippen molar-refractivity contribution < 1.29 is 22.5 Å². The van der Waals surface area contributed by atoms with Gasteiger partial charge in [0.2, 0.25) is 0 Å². The maximum absolute atomic E-state index is 10.6. The number of hydrogen-bond donors (Lipinski definition) is 1. The molecule has 0 unspecified atom stereocenters. The van der Waals surface area contributed by atoms with E-state index in [1.165, 1.54) is 0 Å². The molecule has 0 amide bonds. The zero-order chi connectivity index (χ0) is 8.91. The molecule has 0 aliphatic heterocycles. The van der Waals surface area contributed by atoms with Crippen LogP contribution in [-0.4, -0.2) is 31.9 Å². The second kappa shape index (κ2) is 4.09. The van der Waals surface area contributed by atoms with Crippen molar-refractivity contribution in [2.75, 3.05) is 12.4 Å². The summed E-state index contributed by atoms with van der Waals surface area (Å²) in [5.74, 6) is -1.70. The first kappa shape index (κ1) is 10.1. The highest BCUT2D eigenvalue weighted by molar-refractivity contribution is 7.86. The van der Waals surface area contributed by atoms with Crippen LogP contribution in [0.1, 0.15) is 0 Å². The molecule has 5 nitrogen and oxygen atoms in total. The minimum absolute atomic E-state index is 0.375. The molecule has 0 aromatic carbocycles. The van der Waals surface area contributed by atoms with E-state index in [-0.39, 0.29) is 5.75 Å². The highest BCUT2D eigenvalue weighted by atomic mass is 32.2. The minimum Gasteiger partial charge on any atom is -0.479 e. The average molecular weight is 180 g/mol. The predicted molar refractivity (Wildman–Crippen MR) is 37.6 cm³/mol. The van der Waals surface area contributed by atoms with Gasteiger partial charge in [0, 0.05) is 0 Å². The fourth-order valence-corrected chi connectivity index (χ4v) is 0.998. The Balaban J connectivity index is 3.93. The summed E-state index contributed by atoms with van der Waals surface area (Å²) in [7, 11) is -3.73. The first-order valence-corrected chi connectivity index (χ1v) is 4.25. The van der Waals surface area contributed by atoms with Crippen LogP contribution in [0.25, 0.3) is 0 Å². The second-order valence-electron chi connectivity index (χ2n) is 1.67. The van der Waals surface area contributed by atoms with Crippen LogP contribution in [0.3, 0.4) is 0 Å². The van der Waals surface area contributed by atoms with E-state index in [1.54, 1.807) is 0 Å². The molecule has 11 heavy (non-hydrogen) atoms. The molecule has 0 saturated carbocycles. The topological polar surface area (TPSA) is 80.7 Å². The van der Waals surface area contributed by atoms with Crippen LogP contribution in [0.5, 0.6) is 0 Å². The van der Waals surface area contributed by atoms with E-state index in [4.69, 9.17) is 5.11 Å². The number of rotatable bonds is 5. The minimum atomic E-state index is -3.73. The van der Waals surface area contributed by atoms with Crippen molar-refractivity contribution in [1.29, 1.82) is 0 Å². The van der Waals surface area contributed by atoms with E-state index >= 15 is 0 Å². The lowest BCUT2D eigenvalue weighted by molar-refractivity contribution is -0.139. The first-order valence-electron chi connectivity index (χ1n) is 2.68. The normalized spacial score (nSPS) is 10.9. The van der Waals surface area contributed by atoms with Crippen molar-refractivity contribution in [3.05, 3.63) is 12.7 Å². The molecule has 0 bridgehead atoms. The second-order valence-corrected chi connectivity index (χ2v) is 3.35. The molecule has 0 saturated heterocycles. The number of carboxylic acids is 1. The highest BCUT2D eigenvalue weighted by Gasteiger charge is 2.10. The summed E-state index contributed by atoms with van der Waals surface area (Å²) in [6.45, 7) is 2.33. The quantitative estimate of drug-likeness (QED) is 0.460. The van der Waals surface area contributed by atoms with E-state index in [0.29, 0.717) is 0 Å². The van der Waals surface area contributed by atoms with E-state index in [9.17, 15) is 13.2 Å². The molecule has 0 aliphatic carbocycles. The van der Waals surface area contributed by atoms with Crippen LogP contribution in [0.2, 0.25) is 0 Å². The molecule has 0 spiro atoms. The Morgan fingerprint density at radius 1 is 1.64 bits per heavy atom. The van der Waals surface area contributed by atoms with Crippen LogP contribution in [-0.2, 0) is 19.1 Å². The van der Waals surface area contributed by atoms with Crippen molar-refractivity contribution in [3.8, 4) is 0 Å². The summed E-state index contributed by atoms with van der Waals surface area (Å²) in [5, 5.41) is 8.03. The lowest BCUT2D eigenvalue weighted by atomic mass is 10.8. The van der Waals surface area contributed by atoms with Gasteiger partial charge >= 0.3 is 5.97 Å². The van der Waals surface area contributed by atoms with Crippen LogP contribution < -0.4 is 0 Å². The molecule has 0 atom stereocenters. The summed E-state index contributed by atoms with van der Waals surface area (Å²) >= 11 is 0. The Morgan fingerprint density at radius 3 is 2.55 bits per heavy atom. The summed E-state index contributed by atoms with van der Waals surface area (Å²) < 4.78 is 25.2. The molecular weight excluding hydrogens is 172 g/mol. The van der Waals surface area contributed by atoms with Gasteiger partial charge in [-0.2, -0.15) is 8.42 Å². The number of hydrogen-bond acceptors (Lipinski definition) is 4. The van der Waals surface area contributed by atoms with E-state index in [2.05, 4.69) is 10.8 Å². The summed E-state index contributed by atoms with van der Waals surface area (Å²) in [5.41, 5.74) is 0. The fourth-order valence-electron chi connectivity index (χ4n) is 0.333. The van der Waals surface area contributed by atoms with E-state index in [0.717, 1.165) is 6.08 Å². The molecular formula is C5H8O5S. The number of aliphatic carboxylic acids is 1. The fraction of sp³-hybridized carbons (Fsp3) is 0.400. The summed E-state index contributed by atoms with van der Waals surface area (Å²) in [4.78, 5) is 9.83. The SMILES string of the molecule is C=CCS(=O)(=O)OCC(=O)O. The monoisotopic (exact) mass is 180 g/mol. The maximum Gasteiger partial charge on any atom is 0.331 e. The molecule has 0 aliphatic rings. The van der Waals surface area contributed by atoms with Crippen molar-refractivity contribution in [2.45, 2.75) is 0 Å². The van der Waals surface area contributed by atoms with E-state index in [1.807, 2.05) is 0 Å². The maximum atomic E-state index is 10.6. The standard InChI is InChI=1S/C5H8O5S/c1-2-3-11(8,9)10-4-5(6)7/h2H,1,3-4H2,(H,6,7). The lowest BCUT2D eigenvalue weighted by Crippen LogP contribution is -2.15. The molecule has 0 radical (unpaired) electrons. The van der Waals surface area contributed by atoms with Gasteiger partial charge in [-0.25, -0.2) is 4.79 Å². The zero-order valence-electron chi connectivity index (χ0n) is 5.69. The Kier molecular flexibility index (Phi) is 3.77. The van der Waals surface area contributed by atoms with Crippen LogP contribution >= 0.6 is 0 Å². The van der Waals surface area contributed by atoms with Crippen molar-refractivity contribution in [2.24, 2.45) is 0 Å². The van der Waals surface area contributed by atoms with Gasteiger partial charge in [0.1, 0.15) is 0 Å². The molecule has 0 aromatic rings. The first-order chi connectivity index (χ1) is 4.98. The zero-order valence-corrected chi connectivity index (χ0v) is 6.50. The van der Waals surface area contributed by atoms with E-state index < -0.39 is 22.7 Å². The molecule has 0 rings (SSSR count). The molecule has 0 heterocycles. The van der Waals surface area contributed by atoms with Gasteiger partial charge in [0.25, 0.3) is 10.1 Å². The Morgan fingerprint density at radius 2 is 2.18 bits per heavy atom. The van der Waals surface area contributed by atoms with Gasteiger partial charge in [0.15, 0.2) is 6.61 Å². The molecule has 0 aromatic heterocycles. The van der Waals surface area contributed by atoms with Gasteiger partial charge in [-0.15, -0.1) is 6.58 Å². The molecule has 0 fully saturated rings. The predicted octanol–water partition coefficient (Wildman–Crippen LogP) is -0.397. The van der Waals surface area contributed by atoms with Gasteiger partial charge in [-0.05, 0) is 0 Å². The smallest absolute Gasteiger partial charge is 0.331 e. The van der Waals surface area contributed by atoms with Crippen LogP contribution in [0.15, 0.2) is 12.7 Å². The Labute approximate surface area is 64.4 Å². The Hall–Kier alpha value is -0.880. The van der Waals surface area contributed by atoms with Gasteiger partial charge in [0.05, 0.1) is 5.75 Å². The van der Waals surface area contributed by atoms with Crippen LogP contribution in [0, 0.1) is 0 Å². The summed E-state index contributed by atoms with van der Waals surface area (Å²) in [6.07, 6.45) is 1.12. The van der Waals surface area contributed by atoms with Crippen LogP contribution in [0.4, 0.5) is 0 Å². The van der Waals surface area contributed by atoms with Crippen molar-refractivity contribution in [3.63, 3.8) is 0 Å². The third-order valence-corrected chi connectivity index (χ3v) is 1.80. The largest absolute Gasteiger partial charge is 0.479 e.